The first kappa shape index (κ1) is 10.7. The molecule has 3 N–H and O–H groups in total. The largest absolute Gasteiger partial charge is 0.396 e. The Morgan fingerprint density at radius 3 is 2.62 bits per heavy atom. The molecule has 0 aliphatic rings. The van der Waals surface area contributed by atoms with Gasteiger partial charge >= 0.3 is 0 Å². The van der Waals surface area contributed by atoms with Crippen molar-refractivity contribution in [1.82, 2.24) is 9.97 Å². The maximum Gasteiger partial charge on any atom is 0.227 e. The summed E-state index contributed by atoms with van der Waals surface area (Å²) in [4.78, 5) is 8.11. The number of hydrogen-bond donors (Lipinski definition) is 2. The lowest BCUT2D eigenvalue weighted by atomic mass is 10.2. The number of aromatic nitrogens is 2. The molecule has 5 heteroatoms. The molecule has 2 rings (SSSR count). The summed E-state index contributed by atoms with van der Waals surface area (Å²) in [6.45, 7) is 1.98. The monoisotopic (exact) mass is 234 g/mol. The highest BCUT2D eigenvalue weighted by Crippen LogP contribution is 2.22. The minimum absolute atomic E-state index is 0.500. The van der Waals surface area contributed by atoms with Crippen molar-refractivity contribution in [3.63, 3.8) is 0 Å². The highest BCUT2D eigenvalue weighted by Gasteiger charge is 2.01. The average molecular weight is 235 g/mol. The molecular weight excluding hydrogens is 224 g/mol. The van der Waals surface area contributed by atoms with Gasteiger partial charge in [0.2, 0.25) is 5.95 Å². The molecule has 4 nitrogen and oxygen atoms in total. The van der Waals surface area contributed by atoms with Crippen LogP contribution in [0.2, 0.25) is 5.02 Å². The summed E-state index contributed by atoms with van der Waals surface area (Å²) in [6, 6.07) is 5.60. The van der Waals surface area contributed by atoms with E-state index in [0.29, 0.717) is 16.7 Å². The van der Waals surface area contributed by atoms with Crippen LogP contribution in [-0.2, 0) is 0 Å². The molecule has 2 aromatic rings. The van der Waals surface area contributed by atoms with Crippen molar-refractivity contribution in [3.05, 3.63) is 41.2 Å². The van der Waals surface area contributed by atoms with E-state index >= 15 is 0 Å². The molecule has 0 atom stereocenters. The van der Waals surface area contributed by atoms with Gasteiger partial charge in [0.25, 0.3) is 0 Å². The van der Waals surface area contributed by atoms with Crippen LogP contribution < -0.4 is 11.1 Å². The molecule has 0 radical (unpaired) electrons. The van der Waals surface area contributed by atoms with Crippen LogP contribution in [0.5, 0.6) is 0 Å². The number of anilines is 3. The first-order valence-electron chi connectivity index (χ1n) is 4.76. The third-order valence-electron chi connectivity index (χ3n) is 2.12. The molecular formula is C11H11ClN4. The van der Waals surface area contributed by atoms with Gasteiger partial charge in [-0.25, -0.2) is 9.97 Å². The molecule has 1 heterocycles. The van der Waals surface area contributed by atoms with Crippen LogP contribution in [0, 0.1) is 6.92 Å². The molecule has 0 fully saturated rings. The third kappa shape index (κ3) is 2.41. The van der Waals surface area contributed by atoms with E-state index in [1.165, 1.54) is 0 Å². The fourth-order valence-corrected chi connectivity index (χ4v) is 1.42. The van der Waals surface area contributed by atoms with Crippen molar-refractivity contribution < 1.29 is 0 Å². The number of hydrogen-bond acceptors (Lipinski definition) is 4. The Balaban J connectivity index is 2.26. The fraction of sp³-hybridized carbons (Fsp3) is 0.0909. The lowest BCUT2D eigenvalue weighted by molar-refractivity contribution is 1.17. The number of nitrogens with two attached hydrogens (primary N) is 1. The first-order chi connectivity index (χ1) is 7.65. The summed E-state index contributed by atoms with van der Waals surface area (Å²) >= 11 is 5.91. The van der Waals surface area contributed by atoms with E-state index in [1.807, 2.05) is 25.1 Å². The van der Waals surface area contributed by atoms with Gasteiger partial charge in [0.15, 0.2) is 0 Å². The highest BCUT2D eigenvalue weighted by atomic mass is 35.5. The Bertz CT molecular complexity index is 496. The Labute approximate surface area is 98.5 Å². The van der Waals surface area contributed by atoms with Gasteiger partial charge in [0, 0.05) is 10.7 Å². The zero-order valence-electron chi connectivity index (χ0n) is 8.74. The molecule has 1 aromatic carbocycles. The van der Waals surface area contributed by atoms with Crippen LogP contribution in [0.1, 0.15) is 5.56 Å². The average Bonchev–Trinajstić information content (AvgIpc) is 2.27. The number of nitrogens with zero attached hydrogens (tertiary/aromatic N) is 2. The maximum absolute atomic E-state index is 5.91. The van der Waals surface area contributed by atoms with Gasteiger partial charge in [-0.15, -0.1) is 0 Å². The number of rotatable bonds is 2. The van der Waals surface area contributed by atoms with E-state index in [2.05, 4.69) is 15.3 Å². The molecule has 0 amide bonds. The normalized spacial score (nSPS) is 10.1. The number of nitrogen functional groups attached to an aromatic ring is 1. The molecule has 1 aromatic heterocycles. The summed E-state index contributed by atoms with van der Waals surface area (Å²) in [5.74, 6) is 0.500. The minimum atomic E-state index is 0.500. The summed E-state index contributed by atoms with van der Waals surface area (Å²) in [5, 5.41) is 3.75. The molecule has 0 aliphatic carbocycles. The van der Waals surface area contributed by atoms with Crippen molar-refractivity contribution in [2.75, 3.05) is 11.1 Å². The molecule has 0 saturated carbocycles. The lowest BCUT2D eigenvalue weighted by Crippen LogP contribution is -1.99. The number of nitrogens with one attached hydrogen (secondary N) is 1. The van der Waals surface area contributed by atoms with Gasteiger partial charge in [-0.2, -0.15) is 0 Å². The van der Waals surface area contributed by atoms with Gasteiger partial charge in [0.05, 0.1) is 18.1 Å². The van der Waals surface area contributed by atoms with E-state index in [-0.39, 0.29) is 0 Å². The second kappa shape index (κ2) is 4.37. The molecule has 16 heavy (non-hydrogen) atoms. The van der Waals surface area contributed by atoms with E-state index < -0.39 is 0 Å². The third-order valence-corrected chi connectivity index (χ3v) is 2.35. The smallest absolute Gasteiger partial charge is 0.227 e. The van der Waals surface area contributed by atoms with E-state index in [0.717, 1.165) is 11.3 Å². The van der Waals surface area contributed by atoms with Crippen molar-refractivity contribution in [2.45, 2.75) is 6.92 Å². The summed E-state index contributed by atoms with van der Waals surface area (Å²) in [7, 11) is 0. The van der Waals surface area contributed by atoms with Gasteiger partial charge in [-0.3, -0.25) is 0 Å². The Hall–Kier alpha value is -1.81. The van der Waals surface area contributed by atoms with Crippen LogP contribution in [0.15, 0.2) is 30.6 Å². The minimum Gasteiger partial charge on any atom is -0.396 e. The maximum atomic E-state index is 5.91. The predicted molar refractivity (Wildman–Crippen MR) is 65.9 cm³/mol. The summed E-state index contributed by atoms with van der Waals surface area (Å²) in [5.41, 5.74) is 8.00. The zero-order chi connectivity index (χ0) is 11.5. The van der Waals surface area contributed by atoms with Crippen molar-refractivity contribution in [3.8, 4) is 0 Å². The van der Waals surface area contributed by atoms with Crippen molar-refractivity contribution in [2.24, 2.45) is 0 Å². The standard InChI is InChI=1S/C11H11ClN4/c1-7-2-3-8(12)4-10(7)16-11-14-5-9(13)6-15-11/h2-6H,13H2,1H3,(H,14,15,16). The van der Waals surface area contributed by atoms with Crippen molar-refractivity contribution >= 4 is 28.9 Å². The lowest BCUT2D eigenvalue weighted by Gasteiger charge is -2.08. The van der Waals surface area contributed by atoms with Gasteiger partial charge in [-0.05, 0) is 24.6 Å². The van der Waals surface area contributed by atoms with Crippen LogP contribution in [-0.4, -0.2) is 9.97 Å². The topological polar surface area (TPSA) is 63.8 Å². The van der Waals surface area contributed by atoms with E-state index in [4.69, 9.17) is 17.3 Å². The molecule has 0 spiro atoms. The Morgan fingerprint density at radius 2 is 1.94 bits per heavy atom. The van der Waals surface area contributed by atoms with Crippen molar-refractivity contribution in [1.29, 1.82) is 0 Å². The second-order valence-electron chi connectivity index (χ2n) is 3.42. The number of aryl methyl sites for hydroxylation is 1. The summed E-state index contributed by atoms with van der Waals surface area (Å²) < 4.78 is 0. The predicted octanol–water partition coefficient (Wildman–Crippen LogP) is 2.76. The quantitative estimate of drug-likeness (QED) is 0.839. The van der Waals surface area contributed by atoms with E-state index in [9.17, 15) is 0 Å². The molecule has 0 bridgehead atoms. The highest BCUT2D eigenvalue weighted by molar-refractivity contribution is 6.30. The van der Waals surface area contributed by atoms with E-state index in [1.54, 1.807) is 12.4 Å². The first-order valence-corrected chi connectivity index (χ1v) is 5.13. The molecule has 0 unspecified atom stereocenters. The Kier molecular flexibility index (Phi) is 2.92. The Morgan fingerprint density at radius 1 is 1.25 bits per heavy atom. The van der Waals surface area contributed by atoms with Gasteiger partial charge < -0.3 is 11.1 Å². The zero-order valence-corrected chi connectivity index (χ0v) is 9.49. The fourth-order valence-electron chi connectivity index (χ4n) is 1.25. The van der Waals surface area contributed by atoms with Crippen LogP contribution in [0.4, 0.5) is 17.3 Å². The molecule has 0 saturated heterocycles. The van der Waals surface area contributed by atoms with Gasteiger partial charge in [0.1, 0.15) is 0 Å². The summed E-state index contributed by atoms with van der Waals surface area (Å²) in [6.07, 6.45) is 3.10. The van der Waals surface area contributed by atoms with Gasteiger partial charge in [-0.1, -0.05) is 17.7 Å². The van der Waals surface area contributed by atoms with Crippen LogP contribution in [0.25, 0.3) is 0 Å². The second-order valence-corrected chi connectivity index (χ2v) is 3.86. The van der Waals surface area contributed by atoms with Crippen LogP contribution in [0.3, 0.4) is 0 Å². The van der Waals surface area contributed by atoms with Crippen LogP contribution >= 0.6 is 11.6 Å². The SMILES string of the molecule is Cc1ccc(Cl)cc1Nc1ncc(N)cn1. The molecule has 0 aliphatic heterocycles. The number of halogens is 1. The number of benzene rings is 1. The molecule has 82 valence electrons.